The van der Waals surface area contributed by atoms with Gasteiger partial charge < -0.3 is 25.3 Å². The van der Waals surface area contributed by atoms with Gasteiger partial charge in [0, 0.05) is 6.07 Å². The lowest BCUT2D eigenvalue weighted by Crippen LogP contribution is -2.32. The van der Waals surface area contributed by atoms with E-state index in [0.29, 0.717) is 30.2 Å². The molecular formula is C18H16F4N4O4. The fraction of sp³-hybridized carbons (Fsp3) is 0.278. The molecule has 160 valence electrons. The predicted octanol–water partition coefficient (Wildman–Crippen LogP) is 4.36. The molecule has 0 unspecified atom stereocenters. The number of hydrogen-bond acceptors (Lipinski definition) is 8. The Bertz CT molecular complexity index is 1000. The number of nitrogens with zero attached hydrogens (tertiary/aromatic N) is 3. The Morgan fingerprint density at radius 3 is 2.43 bits per heavy atom. The third kappa shape index (κ3) is 4.95. The lowest BCUT2D eigenvalue weighted by molar-refractivity contribution is -0.274. The summed E-state index contributed by atoms with van der Waals surface area (Å²) in [6, 6.07) is 4.34. The Kier molecular flexibility index (Phi) is 5.78. The molecule has 1 saturated carbocycles. The van der Waals surface area contributed by atoms with Crippen LogP contribution in [0.1, 0.15) is 24.3 Å². The van der Waals surface area contributed by atoms with Crippen LogP contribution >= 0.6 is 0 Å². The van der Waals surface area contributed by atoms with Crippen LogP contribution in [0.3, 0.4) is 0 Å². The monoisotopic (exact) mass is 428 g/mol. The summed E-state index contributed by atoms with van der Waals surface area (Å²) in [6.45, 7) is 0. The number of alkyl halides is 3. The smallest absolute Gasteiger partial charge is 0.491 e. The second-order valence-corrected chi connectivity index (χ2v) is 6.47. The minimum Gasteiger partial charge on any atom is -0.491 e. The molecule has 0 amide bonds. The average molecular weight is 428 g/mol. The second-order valence-electron chi connectivity index (χ2n) is 6.47. The number of ether oxygens (including phenoxy) is 2. The van der Waals surface area contributed by atoms with Crippen LogP contribution in [0.4, 0.5) is 17.6 Å². The Morgan fingerprint density at radius 2 is 1.83 bits per heavy atom. The maximum Gasteiger partial charge on any atom is 0.573 e. The first-order valence-corrected chi connectivity index (χ1v) is 8.46. The Morgan fingerprint density at radius 1 is 1.07 bits per heavy atom. The van der Waals surface area contributed by atoms with Crippen LogP contribution in [0.25, 0.3) is 11.5 Å². The summed E-state index contributed by atoms with van der Waals surface area (Å²) >= 11 is 0. The number of aromatic nitrogens is 3. The topological polar surface area (TPSA) is 126 Å². The van der Waals surface area contributed by atoms with Gasteiger partial charge in [0.25, 0.3) is 5.88 Å². The molecule has 0 saturated heterocycles. The van der Waals surface area contributed by atoms with Crippen LogP contribution < -0.4 is 15.6 Å². The third-order valence-corrected chi connectivity index (χ3v) is 4.36. The molecule has 2 aromatic heterocycles. The van der Waals surface area contributed by atoms with E-state index in [4.69, 9.17) is 9.26 Å². The van der Waals surface area contributed by atoms with Crippen LogP contribution in [0.5, 0.6) is 17.5 Å². The van der Waals surface area contributed by atoms with Crippen LogP contribution in [-0.2, 0) is 0 Å². The van der Waals surface area contributed by atoms with Gasteiger partial charge in [-0.3, -0.25) is 0 Å². The van der Waals surface area contributed by atoms with E-state index in [1.807, 2.05) is 0 Å². The van der Waals surface area contributed by atoms with E-state index in [1.165, 1.54) is 30.6 Å². The highest BCUT2D eigenvalue weighted by atomic mass is 19.4. The van der Waals surface area contributed by atoms with Crippen LogP contribution in [-0.4, -0.2) is 32.7 Å². The molecule has 4 rings (SSSR count). The number of benzene rings is 1. The van der Waals surface area contributed by atoms with Gasteiger partial charge in [-0.1, -0.05) is 0 Å². The fourth-order valence-electron chi connectivity index (χ4n) is 3.01. The molecule has 3 aromatic rings. The second kappa shape index (κ2) is 8.14. The summed E-state index contributed by atoms with van der Waals surface area (Å²) in [4.78, 5) is 8.20. The first-order chi connectivity index (χ1) is 13.7. The van der Waals surface area contributed by atoms with Gasteiger partial charge in [-0.2, -0.15) is 0 Å². The van der Waals surface area contributed by atoms with Crippen molar-refractivity contribution in [3.05, 3.63) is 48.0 Å². The average Bonchev–Trinajstić information content (AvgIpc) is 3.02. The maximum atomic E-state index is 13.6. The van der Waals surface area contributed by atoms with Gasteiger partial charge in [0.2, 0.25) is 5.88 Å². The third-order valence-electron chi connectivity index (χ3n) is 4.36. The van der Waals surface area contributed by atoms with E-state index < -0.39 is 17.9 Å². The SMILES string of the molecule is N.Oc1cc(-c2cnc(O[C@H]3C[C@@H](c4cc(F)cc(OC(F)(F)F)c4)C3)cn2)on1. The predicted molar refractivity (Wildman–Crippen MR) is 93.7 cm³/mol. The molecule has 12 heteroatoms. The first-order valence-electron chi connectivity index (χ1n) is 8.46. The minimum atomic E-state index is -4.88. The van der Waals surface area contributed by atoms with Crippen molar-refractivity contribution in [1.82, 2.24) is 21.3 Å². The summed E-state index contributed by atoms with van der Waals surface area (Å²) in [5, 5.41) is 12.5. The highest BCUT2D eigenvalue weighted by Gasteiger charge is 2.35. The van der Waals surface area contributed by atoms with Crippen molar-refractivity contribution >= 4 is 0 Å². The molecule has 0 bridgehead atoms. The van der Waals surface area contributed by atoms with Crippen molar-refractivity contribution in [3.63, 3.8) is 0 Å². The molecule has 0 radical (unpaired) electrons. The molecule has 1 fully saturated rings. The van der Waals surface area contributed by atoms with Crippen molar-refractivity contribution < 1.29 is 36.7 Å². The van der Waals surface area contributed by atoms with Crippen molar-refractivity contribution in [2.45, 2.75) is 31.2 Å². The summed E-state index contributed by atoms with van der Waals surface area (Å²) in [6.07, 6.45) is -1.39. The van der Waals surface area contributed by atoms with E-state index in [0.717, 1.165) is 0 Å². The molecule has 1 aromatic carbocycles. The zero-order chi connectivity index (χ0) is 20.6. The van der Waals surface area contributed by atoms with Crippen LogP contribution in [0, 0.1) is 5.82 Å². The standard InChI is InChI=1S/C18H13F4N3O4.H3N/c19-11-1-9(4-13(5-11)28-18(20,21)22)10-2-12(3-10)27-17-8-23-14(7-24-17)15-6-16(26)25-29-15;/h1,4-8,10,12H,2-3H2,(H,25,26);1H3/t10-,12+;. The molecule has 2 heterocycles. The summed E-state index contributed by atoms with van der Waals surface area (Å²) < 4.78 is 65.0. The van der Waals surface area contributed by atoms with Gasteiger partial charge >= 0.3 is 6.36 Å². The van der Waals surface area contributed by atoms with Gasteiger partial charge in [-0.05, 0) is 41.6 Å². The highest BCUT2D eigenvalue weighted by molar-refractivity contribution is 5.51. The molecule has 4 N–H and O–H groups in total. The Balaban J connectivity index is 0.00000256. The molecule has 1 aliphatic carbocycles. The van der Waals surface area contributed by atoms with Gasteiger partial charge in [-0.15, -0.1) is 13.2 Å². The molecule has 8 nitrogen and oxygen atoms in total. The number of hydrogen-bond donors (Lipinski definition) is 2. The van der Waals surface area contributed by atoms with Crippen molar-refractivity contribution in [2.75, 3.05) is 0 Å². The summed E-state index contributed by atoms with van der Waals surface area (Å²) in [5.74, 6) is -1.32. The van der Waals surface area contributed by atoms with Gasteiger partial charge in [0.05, 0.1) is 18.5 Å². The van der Waals surface area contributed by atoms with Crippen LogP contribution in [0.15, 0.2) is 41.2 Å². The lowest BCUT2D eigenvalue weighted by Gasteiger charge is -2.35. The molecule has 1 aliphatic rings. The normalized spacial score (nSPS) is 18.3. The van der Waals surface area contributed by atoms with E-state index in [1.54, 1.807) is 0 Å². The van der Waals surface area contributed by atoms with Crippen molar-refractivity contribution in [1.29, 1.82) is 0 Å². The zero-order valence-corrected chi connectivity index (χ0v) is 15.3. The van der Waals surface area contributed by atoms with Crippen LogP contribution in [0.2, 0.25) is 0 Å². The quantitative estimate of drug-likeness (QED) is 0.574. The first kappa shape index (κ1) is 21.3. The van der Waals surface area contributed by atoms with Gasteiger partial charge in [0.15, 0.2) is 5.76 Å². The molecular weight excluding hydrogens is 412 g/mol. The summed E-state index contributed by atoms with van der Waals surface area (Å²) in [5.41, 5.74) is 0.768. The number of halogens is 4. The Labute approximate surface area is 167 Å². The number of aromatic hydroxyl groups is 1. The fourth-order valence-corrected chi connectivity index (χ4v) is 3.01. The largest absolute Gasteiger partial charge is 0.573 e. The highest BCUT2D eigenvalue weighted by Crippen LogP contribution is 2.40. The zero-order valence-electron chi connectivity index (χ0n) is 15.3. The van der Waals surface area contributed by atoms with E-state index in [-0.39, 0.29) is 35.7 Å². The Hall–Kier alpha value is -3.41. The minimum absolute atomic E-state index is 0. The van der Waals surface area contributed by atoms with E-state index >= 15 is 0 Å². The maximum absolute atomic E-state index is 13.6. The molecule has 0 aliphatic heterocycles. The van der Waals surface area contributed by atoms with E-state index in [9.17, 15) is 22.7 Å². The molecule has 0 spiro atoms. The molecule has 0 atom stereocenters. The van der Waals surface area contributed by atoms with Crippen molar-refractivity contribution in [3.8, 4) is 29.0 Å². The molecule has 30 heavy (non-hydrogen) atoms. The lowest BCUT2D eigenvalue weighted by atomic mass is 9.77. The van der Waals surface area contributed by atoms with Gasteiger partial charge in [-0.25, -0.2) is 14.4 Å². The summed E-state index contributed by atoms with van der Waals surface area (Å²) in [7, 11) is 0. The van der Waals surface area contributed by atoms with E-state index in [2.05, 4.69) is 19.9 Å². The van der Waals surface area contributed by atoms with Gasteiger partial charge in [0.1, 0.15) is 23.4 Å². The number of rotatable bonds is 5. The van der Waals surface area contributed by atoms with Crippen molar-refractivity contribution in [2.24, 2.45) is 0 Å².